The van der Waals surface area contributed by atoms with Crippen LogP contribution in [-0.2, 0) is 28.5 Å². The van der Waals surface area contributed by atoms with E-state index in [0.717, 1.165) is 22.3 Å². The van der Waals surface area contributed by atoms with E-state index in [2.05, 4.69) is 0 Å². The van der Waals surface area contributed by atoms with Gasteiger partial charge in [0.25, 0.3) is 0 Å². The van der Waals surface area contributed by atoms with Gasteiger partial charge in [0.2, 0.25) is 0 Å². The normalized spacial score (nSPS) is 18.5. The van der Waals surface area contributed by atoms with Crippen LogP contribution in [0.3, 0.4) is 0 Å². The average Bonchev–Trinajstić information content (AvgIpc) is 3.43. The molecular weight excluding hydrogens is 457 g/mol. The smallest absolute Gasteiger partial charge is 0.416 e. The minimum absolute atomic E-state index is 0.0694. The van der Waals surface area contributed by atoms with Crippen molar-refractivity contribution in [3.05, 3.63) is 94.0 Å². The zero-order valence-electron chi connectivity index (χ0n) is 19.2. The lowest BCUT2D eigenvalue weighted by molar-refractivity contribution is -0.141. The zero-order chi connectivity index (χ0) is 24.6. The van der Waals surface area contributed by atoms with Gasteiger partial charge in [0.1, 0.15) is 17.6 Å². The summed E-state index contributed by atoms with van der Waals surface area (Å²) in [4.78, 5) is 11.6. The Morgan fingerprint density at radius 3 is 2.57 bits per heavy atom. The van der Waals surface area contributed by atoms with Crippen LogP contribution in [0.1, 0.15) is 58.2 Å². The van der Waals surface area contributed by atoms with Crippen molar-refractivity contribution >= 4 is 5.97 Å². The van der Waals surface area contributed by atoms with E-state index in [1.165, 1.54) is 13.2 Å². The number of carbonyl (C=O) groups is 1. The first-order valence-corrected chi connectivity index (χ1v) is 11.6. The summed E-state index contributed by atoms with van der Waals surface area (Å²) in [7, 11) is 1.36. The summed E-state index contributed by atoms with van der Waals surface area (Å²) in [6.45, 7) is 0.392. The molecule has 0 unspecified atom stereocenters. The van der Waals surface area contributed by atoms with Gasteiger partial charge in [-0.05, 0) is 53.6 Å². The molecule has 0 amide bonds. The highest BCUT2D eigenvalue weighted by Crippen LogP contribution is 2.44. The predicted octanol–water partition coefficient (Wildman–Crippen LogP) is 6.40. The summed E-state index contributed by atoms with van der Waals surface area (Å²) in [6.07, 6.45) is -3.18. The van der Waals surface area contributed by atoms with Crippen LogP contribution in [0.5, 0.6) is 11.5 Å². The van der Waals surface area contributed by atoms with E-state index >= 15 is 0 Å². The third kappa shape index (κ3) is 4.72. The highest BCUT2D eigenvalue weighted by molar-refractivity contribution is 5.71. The Hall–Kier alpha value is -3.48. The maximum Gasteiger partial charge on any atom is 0.416 e. The highest BCUT2D eigenvalue weighted by atomic mass is 19.4. The number of alkyl halides is 3. The molecule has 7 heteroatoms. The minimum Gasteiger partial charge on any atom is -0.492 e. The monoisotopic (exact) mass is 482 g/mol. The number of hydrogen-bond donors (Lipinski definition) is 0. The second-order valence-electron chi connectivity index (χ2n) is 8.95. The third-order valence-electron chi connectivity index (χ3n) is 6.78. The van der Waals surface area contributed by atoms with Gasteiger partial charge >= 0.3 is 12.1 Å². The number of benzene rings is 3. The van der Waals surface area contributed by atoms with Crippen molar-refractivity contribution in [2.75, 3.05) is 13.7 Å². The van der Waals surface area contributed by atoms with E-state index in [9.17, 15) is 18.0 Å². The van der Waals surface area contributed by atoms with E-state index in [-0.39, 0.29) is 30.8 Å². The number of rotatable bonds is 6. The molecule has 0 aromatic heterocycles. The van der Waals surface area contributed by atoms with Crippen LogP contribution in [0, 0.1) is 0 Å². The van der Waals surface area contributed by atoms with Crippen LogP contribution in [0.2, 0.25) is 0 Å². The molecule has 0 saturated carbocycles. The van der Waals surface area contributed by atoms with Gasteiger partial charge in [-0.25, -0.2) is 0 Å². The Kier molecular flexibility index (Phi) is 6.17. The summed E-state index contributed by atoms with van der Waals surface area (Å²) < 4.78 is 58.3. The number of hydrogen-bond acceptors (Lipinski definition) is 4. The average molecular weight is 482 g/mol. The molecule has 5 rings (SSSR count). The predicted molar refractivity (Wildman–Crippen MR) is 124 cm³/mol. The fraction of sp³-hybridized carbons (Fsp3) is 0.321. The van der Waals surface area contributed by atoms with Crippen molar-refractivity contribution in [3.8, 4) is 11.5 Å². The van der Waals surface area contributed by atoms with E-state index in [0.29, 0.717) is 36.5 Å². The van der Waals surface area contributed by atoms with Gasteiger partial charge in [0.05, 0.1) is 25.7 Å². The molecule has 3 aromatic carbocycles. The third-order valence-corrected chi connectivity index (χ3v) is 6.78. The van der Waals surface area contributed by atoms with Gasteiger partial charge in [-0.1, -0.05) is 42.5 Å². The number of methoxy groups -OCH3 is 1. The fourth-order valence-corrected chi connectivity index (χ4v) is 5.08. The largest absolute Gasteiger partial charge is 0.492 e. The molecule has 1 aliphatic heterocycles. The highest BCUT2D eigenvalue weighted by Gasteiger charge is 2.37. The topological polar surface area (TPSA) is 44.8 Å². The van der Waals surface area contributed by atoms with Crippen LogP contribution < -0.4 is 9.47 Å². The quantitative estimate of drug-likeness (QED) is 0.382. The minimum atomic E-state index is -4.42. The van der Waals surface area contributed by atoms with Crippen LogP contribution in [-0.4, -0.2) is 19.7 Å². The van der Waals surface area contributed by atoms with E-state index in [4.69, 9.17) is 14.2 Å². The second kappa shape index (κ2) is 9.29. The van der Waals surface area contributed by atoms with Crippen molar-refractivity contribution in [1.82, 2.24) is 0 Å². The first kappa shape index (κ1) is 23.3. The van der Waals surface area contributed by atoms with Crippen LogP contribution >= 0.6 is 0 Å². The molecule has 0 N–H and O–H groups in total. The lowest BCUT2D eigenvalue weighted by atomic mass is 9.92. The summed E-state index contributed by atoms with van der Waals surface area (Å²) in [5.41, 5.74) is 3.04. The Bertz CT molecular complexity index is 1240. The van der Waals surface area contributed by atoms with Crippen molar-refractivity contribution in [2.45, 2.75) is 43.9 Å². The summed E-state index contributed by atoms with van der Waals surface area (Å²) in [5, 5.41) is 0. The van der Waals surface area contributed by atoms with Gasteiger partial charge in [-0.2, -0.15) is 13.2 Å². The van der Waals surface area contributed by atoms with Crippen molar-refractivity contribution < 1.29 is 32.2 Å². The van der Waals surface area contributed by atoms with Gasteiger partial charge in [-0.3, -0.25) is 4.79 Å². The maximum absolute atomic E-state index is 13.9. The summed E-state index contributed by atoms with van der Waals surface area (Å²) in [6, 6.07) is 17.5. The number of ether oxygens (including phenoxy) is 3. The van der Waals surface area contributed by atoms with Crippen molar-refractivity contribution in [1.29, 1.82) is 0 Å². The lowest BCUT2D eigenvalue weighted by Gasteiger charge is -2.20. The molecule has 0 fully saturated rings. The van der Waals surface area contributed by atoms with Gasteiger partial charge in [-0.15, -0.1) is 0 Å². The zero-order valence-corrected chi connectivity index (χ0v) is 19.2. The van der Waals surface area contributed by atoms with E-state index < -0.39 is 11.7 Å². The van der Waals surface area contributed by atoms with Gasteiger partial charge in [0.15, 0.2) is 0 Å². The van der Waals surface area contributed by atoms with E-state index in [1.807, 2.05) is 42.5 Å². The molecule has 1 heterocycles. The number of fused-ring (bicyclic) bond motifs is 2. The molecular formula is C28H25F3O4. The second-order valence-corrected chi connectivity index (χ2v) is 8.95. The Morgan fingerprint density at radius 1 is 1.06 bits per heavy atom. The summed E-state index contributed by atoms with van der Waals surface area (Å²) in [5.74, 6) is 0.885. The molecule has 4 nitrogen and oxygen atoms in total. The van der Waals surface area contributed by atoms with Gasteiger partial charge < -0.3 is 14.2 Å². The molecule has 0 saturated heterocycles. The lowest BCUT2D eigenvalue weighted by Crippen LogP contribution is -2.13. The SMILES string of the molecule is COC(=O)C[C@@H]1COc2cc(O[C@@H]3CCc4c3ccc(C(F)(F)F)c4Cc3ccccc3)ccc21. The first-order valence-electron chi connectivity index (χ1n) is 11.6. The van der Waals surface area contributed by atoms with Crippen molar-refractivity contribution in [2.24, 2.45) is 0 Å². The van der Waals surface area contributed by atoms with Crippen LogP contribution in [0.25, 0.3) is 0 Å². The molecule has 2 aliphatic rings. The molecule has 0 spiro atoms. The molecule has 35 heavy (non-hydrogen) atoms. The molecule has 2 atom stereocenters. The summed E-state index contributed by atoms with van der Waals surface area (Å²) >= 11 is 0. The Labute approximate surface area is 201 Å². The Morgan fingerprint density at radius 2 is 1.83 bits per heavy atom. The fourth-order valence-electron chi connectivity index (χ4n) is 5.08. The Balaban J connectivity index is 1.40. The first-order chi connectivity index (χ1) is 16.8. The number of esters is 1. The molecule has 0 radical (unpaired) electrons. The molecule has 3 aromatic rings. The standard InChI is InChI=1S/C28H25F3O4/c1-33-27(32)14-18-16-34-26-15-19(7-8-20(18)26)35-25-12-10-21-22(25)9-11-24(28(29,30)31)23(21)13-17-5-3-2-4-6-17/h2-9,11,15,18,25H,10,12-14,16H2,1H3/t18-,25-/m1/s1. The van der Waals surface area contributed by atoms with E-state index in [1.54, 1.807) is 12.1 Å². The van der Waals surface area contributed by atoms with Crippen molar-refractivity contribution in [3.63, 3.8) is 0 Å². The van der Waals surface area contributed by atoms with Gasteiger partial charge in [0, 0.05) is 17.5 Å². The van der Waals surface area contributed by atoms with Crippen LogP contribution in [0.15, 0.2) is 60.7 Å². The molecule has 182 valence electrons. The van der Waals surface area contributed by atoms with Crippen LogP contribution in [0.4, 0.5) is 13.2 Å². The molecule has 1 aliphatic carbocycles. The maximum atomic E-state index is 13.9. The molecule has 0 bridgehead atoms. The number of carbonyl (C=O) groups excluding carboxylic acids is 1. The number of halogens is 3.